The molecule has 0 spiro atoms. The Morgan fingerprint density at radius 3 is 2.42 bits per heavy atom. The van der Waals surface area contributed by atoms with Crippen LogP contribution in [0.4, 0.5) is 11.4 Å². The van der Waals surface area contributed by atoms with E-state index in [1.165, 1.54) is 10.4 Å². The van der Waals surface area contributed by atoms with Gasteiger partial charge < -0.3 is 15.0 Å². The van der Waals surface area contributed by atoms with Crippen LogP contribution in [0.25, 0.3) is 0 Å². The number of benzene rings is 2. The lowest BCUT2D eigenvalue weighted by Crippen LogP contribution is -2.37. The number of sulfonamides is 1. The number of hydrogen-bond acceptors (Lipinski definition) is 5. The van der Waals surface area contributed by atoms with Crippen LogP contribution >= 0.6 is 11.6 Å². The van der Waals surface area contributed by atoms with Gasteiger partial charge in [-0.3, -0.25) is 4.79 Å². The van der Waals surface area contributed by atoms with E-state index in [9.17, 15) is 13.2 Å². The maximum atomic E-state index is 13.2. The Morgan fingerprint density at radius 2 is 1.81 bits per heavy atom. The van der Waals surface area contributed by atoms with Crippen molar-refractivity contribution >= 4 is 38.9 Å². The van der Waals surface area contributed by atoms with E-state index in [4.69, 9.17) is 16.3 Å². The standard InChI is InChI=1S/C22H28ClN3O4S/c1-4-26(5-2)31(28,29)18-8-9-21(25-10-12-30-13-11-25)19(15-18)22(27)24-17-7-6-16(3)20(23)14-17/h6-9,14-15H,4-5,10-13H2,1-3H3,(H,24,27). The number of hydrogen-bond donors (Lipinski definition) is 1. The number of carbonyl (C=O) groups is 1. The highest BCUT2D eigenvalue weighted by molar-refractivity contribution is 7.89. The third kappa shape index (κ3) is 5.20. The molecule has 1 saturated heterocycles. The number of nitrogens with one attached hydrogen (secondary N) is 1. The molecule has 0 radical (unpaired) electrons. The molecule has 3 rings (SSSR count). The van der Waals surface area contributed by atoms with Gasteiger partial charge in [-0.15, -0.1) is 0 Å². The quantitative estimate of drug-likeness (QED) is 0.673. The zero-order chi connectivity index (χ0) is 22.6. The summed E-state index contributed by atoms with van der Waals surface area (Å²) in [5.41, 5.74) is 2.43. The van der Waals surface area contributed by atoms with Gasteiger partial charge in [0, 0.05) is 42.6 Å². The Hall–Kier alpha value is -2.13. The van der Waals surface area contributed by atoms with Gasteiger partial charge in [-0.1, -0.05) is 31.5 Å². The molecule has 1 aliphatic rings. The second-order valence-electron chi connectivity index (χ2n) is 7.29. The minimum absolute atomic E-state index is 0.0975. The van der Waals surface area contributed by atoms with Crippen molar-refractivity contribution in [2.75, 3.05) is 49.6 Å². The normalized spacial score (nSPS) is 14.7. The van der Waals surface area contributed by atoms with Crippen LogP contribution < -0.4 is 10.2 Å². The van der Waals surface area contributed by atoms with E-state index in [-0.39, 0.29) is 4.90 Å². The van der Waals surface area contributed by atoms with Crippen LogP contribution in [0.2, 0.25) is 5.02 Å². The van der Waals surface area contributed by atoms with Crippen molar-refractivity contribution in [3.63, 3.8) is 0 Å². The van der Waals surface area contributed by atoms with Crippen molar-refractivity contribution in [2.45, 2.75) is 25.7 Å². The molecule has 1 aliphatic heterocycles. The van der Waals surface area contributed by atoms with Crippen molar-refractivity contribution in [1.29, 1.82) is 0 Å². The van der Waals surface area contributed by atoms with E-state index in [2.05, 4.69) is 5.32 Å². The summed E-state index contributed by atoms with van der Waals surface area (Å²) in [7, 11) is -3.70. The largest absolute Gasteiger partial charge is 0.378 e. The molecule has 0 unspecified atom stereocenters. The molecule has 1 N–H and O–H groups in total. The molecule has 0 atom stereocenters. The molecule has 31 heavy (non-hydrogen) atoms. The molecule has 0 saturated carbocycles. The number of nitrogens with zero attached hydrogens (tertiary/aromatic N) is 2. The fourth-order valence-corrected chi connectivity index (χ4v) is 5.18. The lowest BCUT2D eigenvalue weighted by Gasteiger charge is -2.30. The van der Waals surface area contributed by atoms with E-state index in [0.717, 1.165) is 5.56 Å². The number of morpholine rings is 1. The van der Waals surface area contributed by atoms with Gasteiger partial charge in [-0.05, 0) is 42.8 Å². The number of aryl methyl sites for hydroxylation is 1. The van der Waals surface area contributed by atoms with Crippen LogP contribution in [0.1, 0.15) is 29.8 Å². The molecule has 168 valence electrons. The highest BCUT2D eigenvalue weighted by Crippen LogP contribution is 2.28. The summed E-state index contributed by atoms with van der Waals surface area (Å²) in [6.07, 6.45) is 0. The smallest absolute Gasteiger partial charge is 0.257 e. The summed E-state index contributed by atoms with van der Waals surface area (Å²) in [6, 6.07) is 10.0. The molecule has 2 aromatic rings. The third-order valence-electron chi connectivity index (χ3n) is 5.34. The first-order valence-electron chi connectivity index (χ1n) is 10.3. The highest BCUT2D eigenvalue weighted by Gasteiger charge is 2.26. The zero-order valence-electron chi connectivity index (χ0n) is 18.0. The molecule has 0 aliphatic carbocycles. The average molecular weight is 466 g/mol. The first-order chi connectivity index (χ1) is 14.8. The van der Waals surface area contributed by atoms with Gasteiger partial charge in [-0.25, -0.2) is 8.42 Å². The molecular formula is C22H28ClN3O4S. The molecule has 0 bridgehead atoms. The Balaban J connectivity index is 2.02. The summed E-state index contributed by atoms with van der Waals surface area (Å²) in [5, 5.41) is 3.40. The molecule has 0 aromatic heterocycles. The van der Waals surface area contributed by atoms with E-state index >= 15 is 0 Å². The van der Waals surface area contributed by atoms with Gasteiger partial charge in [0.15, 0.2) is 0 Å². The van der Waals surface area contributed by atoms with E-state index in [0.29, 0.717) is 61.4 Å². The second-order valence-corrected chi connectivity index (χ2v) is 9.63. The Labute approximate surface area is 189 Å². The number of ether oxygens (including phenoxy) is 1. The molecule has 1 heterocycles. The number of amides is 1. The lowest BCUT2D eigenvalue weighted by atomic mass is 10.1. The van der Waals surface area contributed by atoms with Crippen molar-refractivity contribution in [3.05, 3.63) is 52.5 Å². The maximum absolute atomic E-state index is 13.2. The van der Waals surface area contributed by atoms with E-state index in [1.54, 1.807) is 38.1 Å². The van der Waals surface area contributed by atoms with Crippen LogP contribution in [0.3, 0.4) is 0 Å². The summed E-state index contributed by atoms with van der Waals surface area (Å²) in [5.74, 6) is -0.391. The number of anilines is 2. The van der Waals surface area contributed by atoms with Gasteiger partial charge in [0.2, 0.25) is 10.0 Å². The summed E-state index contributed by atoms with van der Waals surface area (Å²) < 4.78 is 32.9. The van der Waals surface area contributed by atoms with E-state index in [1.807, 2.05) is 17.9 Å². The van der Waals surface area contributed by atoms with E-state index < -0.39 is 15.9 Å². The van der Waals surface area contributed by atoms with Crippen molar-refractivity contribution in [3.8, 4) is 0 Å². The first-order valence-corrected chi connectivity index (χ1v) is 12.1. The predicted molar refractivity (Wildman–Crippen MR) is 124 cm³/mol. The summed E-state index contributed by atoms with van der Waals surface area (Å²) in [6.45, 7) is 8.52. The fourth-order valence-electron chi connectivity index (χ4n) is 3.52. The van der Waals surface area contributed by atoms with Gasteiger partial charge in [0.05, 0.1) is 23.7 Å². The predicted octanol–water partition coefficient (Wildman–Crippen LogP) is 3.77. The SMILES string of the molecule is CCN(CC)S(=O)(=O)c1ccc(N2CCOCC2)c(C(=O)Nc2ccc(C)c(Cl)c2)c1. The summed E-state index contributed by atoms with van der Waals surface area (Å²) >= 11 is 6.19. The topological polar surface area (TPSA) is 79.0 Å². The molecule has 9 heteroatoms. The molecule has 1 fully saturated rings. The Bertz CT molecular complexity index is 1050. The van der Waals surface area contributed by atoms with Gasteiger partial charge in [0.1, 0.15) is 0 Å². The first kappa shape index (κ1) is 23.5. The van der Waals surface area contributed by atoms with Crippen molar-refractivity contribution in [1.82, 2.24) is 4.31 Å². The Morgan fingerprint density at radius 1 is 1.13 bits per heavy atom. The van der Waals surface area contributed by atoms with Crippen LogP contribution in [-0.4, -0.2) is 58.0 Å². The maximum Gasteiger partial charge on any atom is 0.257 e. The number of rotatable bonds is 7. The zero-order valence-corrected chi connectivity index (χ0v) is 19.6. The molecule has 1 amide bonds. The lowest BCUT2D eigenvalue weighted by molar-refractivity contribution is 0.102. The van der Waals surface area contributed by atoms with Gasteiger partial charge in [-0.2, -0.15) is 4.31 Å². The van der Waals surface area contributed by atoms with Crippen LogP contribution in [0.15, 0.2) is 41.3 Å². The van der Waals surface area contributed by atoms with Crippen LogP contribution in [0, 0.1) is 6.92 Å². The van der Waals surface area contributed by atoms with Crippen LogP contribution in [0.5, 0.6) is 0 Å². The fraction of sp³-hybridized carbons (Fsp3) is 0.409. The minimum atomic E-state index is -3.70. The monoisotopic (exact) mass is 465 g/mol. The van der Waals surface area contributed by atoms with Crippen molar-refractivity contribution < 1.29 is 17.9 Å². The van der Waals surface area contributed by atoms with Gasteiger partial charge >= 0.3 is 0 Å². The average Bonchev–Trinajstić information content (AvgIpc) is 2.77. The number of carbonyl (C=O) groups excluding carboxylic acids is 1. The second kappa shape index (κ2) is 9.99. The highest BCUT2D eigenvalue weighted by atomic mass is 35.5. The third-order valence-corrected chi connectivity index (χ3v) is 7.79. The Kier molecular flexibility index (Phi) is 7.59. The van der Waals surface area contributed by atoms with Gasteiger partial charge in [0.25, 0.3) is 5.91 Å². The molecule has 7 nitrogen and oxygen atoms in total. The van der Waals surface area contributed by atoms with Crippen molar-refractivity contribution in [2.24, 2.45) is 0 Å². The summed E-state index contributed by atoms with van der Waals surface area (Å²) in [4.78, 5) is 15.4. The molecular weight excluding hydrogens is 438 g/mol. The molecule has 2 aromatic carbocycles. The minimum Gasteiger partial charge on any atom is -0.378 e. The number of halogens is 1. The van der Waals surface area contributed by atoms with Crippen LogP contribution in [-0.2, 0) is 14.8 Å².